The molecule has 0 saturated heterocycles. The first-order valence-corrected chi connectivity index (χ1v) is 4.15. The highest BCUT2D eigenvalue weighted by Crippen LogP contribution is 2.40. The summed E-state index contributed by atoms with van der Waals surface area (Å²) < 4.78 is 40.6. The summed E-state index contributed by atoms with van der Waals surface area (Å²) in [5, 5.41) is 0. The van der Waals surface area contributed by atoms with Crippen molar-refractivity contribution >= 4 is 11.8 Å². The second-order valence-corrected chi connectivity index (χ2v) is 3.19. The lowest BCUT2D eigenvalue weighted by Crippen LogP contribution is -2.00. The number of thioether (sulfide) groups is 1. The minimum Gasteiger partial charge on any atom is -0.496 e. The van der Waals surface area contributed by atoms with Crippen LogP contribution < -0.4 is 4.74 Å². The molecule has 71 valence electrons. The van der Waals surface area contributed by atoms with Crippen LogP contribution in [0.25, 0.3) is 0 Å². The van der Waals surface area contributed by atoms with E-state index < -0.39 is 5.51 Å². The Hall–Kier alpha value is -0.840. The van der Waals surface area contributed by atoms with Crippen molar-refractivity contribution in [3.8, 4) is 5.75 Å². The molecule has 0 N–H and O–H groups in total. The lowest BCUT2D eigenvalue weighted by atomic mass is 10.3. The van der Waals surface area contributed by atoms with Gasteiger partial charge >= 0.3 is 5.51 Å². The molecule has 0 heterocycles. The van der Waals surface area contributed by atoms with Crippen LogP contribution in [0.1, 0.15) is 0 Å². The van der Waals surface area contributed by atoms with Crippen LogP contribution in [0.3, 0.4) is 0 Å². The Bertz CT molecular complexity index is 285. The zero-order valence-electron chi connectivity index (χ0n) is 6.68. The van der Waals surface area contributed by atoms with Crippen molar-refractivity contribution in [2.45, 2.75) is 10.4 Å². The number of alkyl halides is 3. The van der Waals surface area contributed by atoms with Crippen molar-refractivity contribution in [3.63, 3.8) is 0 Å². The molecule has 0 aliphatic rings. The molecule has 0 spiro atoms. The van der Waals surface area contributed by atoms with E-state index in [2.05, 4.69) is 6.07 Å². The van der Waals surface area contributed by atoms with E-state index >= 15 is 0 Å². The molecule has 5 heteroatoms. The van der Waals surface area contributed by atoms with Gasteiger partial charge < -0.3 is 4.74 Å². The number of hydrogen-bond acceptors (Lipinski definition) is 2. The summed E-state index contributed by atoms with van der Waals surface area (Å²) in [6.45, 7) is 0. The highest BCUT2D eigenvalue weighted by atomic mass is 32.2. The second-order valence-electron chi connectivity index (χ2n) is 2.12. The van der Waals surface area contributed by atoms with E-state index in [0.29, 0.717) is 0 Å². The lowest BCUT2D eigenvalue weighted by Gasteiger charge is -2.08. The Morgan fingerprint density at radius 2 is 2.15 bits per heavy atom. The fraction of sp³-hybridized carbons (Fsp3) is 0.250. The summed E-state index contributed by atoms with van der Waals surface area (Å²) in [6.07, 6.45) is 0. The number of benzene rings is 1. The second kappa shape index (κ2) is 3.91. The molecule has 0 amide bonds. The van der Waals surface area contributed by atoms with E-state index in [1.165, 1.54) is 19.2 Å². The number of halogens is 3. The van der Waals surface area contributed by atoms with E-state index in [-0.39, 0.29) is 22.4 Å². The SMILES string of the molecule is COc1ccc[c]c1SC(F)(F)F. The number of ether oxygens (including phenoxy) is 1. The Kier molecular flexibility index (Phi) is 3.08. The van der Waals surface area contributed by atoms with Gasteiger partial charge in [-0.25, -0.2) is 0 Å². The molecular weight excluding hydrogens is 201 g/mol. The molecule has 0 saturated carbocycles. The maximum Gasteiger partial charge on any atom is 0.446 e. The Morgan fingerprint density at radius 3 is 2.69 bits per heavy atom. The van der Waals surface area contributed by atoms with Crippen LogP contribution in [0.4, 0.5) is 13.2 Å². The van der Waals surface area contributed by atoms with Crippen LogP contribution in [0, 0.1) is 6.07 Å². The average Bonchev–Trinajstić information content (AvgIpc) is 2.02. The molecule has 1 radical (unpaired) electrons. The van der Waals surface area contributed by atoms with Gasteiger partial charge in [0.15, 0.2) is 0 Å². The van der Waals surface area contributed by atoms with Crippen molar-refractivity contribution in [2.75, 3.05) is 7.11 Å². The average molecular weight is 207 g/mol. The molecule has 1 aromatic rings. The molecule has 0 bridgehead atoms. The van der Waals surface area contributed by atoms with Gasteiger partial charge in [-0.3, -0.25) is 0 Å². The van der Waals surface area contributed by atoms with Crippen molar-refractivity contribution in [1.29, 1.82) is 0 Å². The predicted molar refractivity (Wildman–Crippen MR) is 43.7 cm³/mol. The van der Waals surface area contributed by atoms with Crippen molar-refractivity contribution in [3.05, 3.63) is 24.3 Å². The molecule has 0 unspecified atom stereocenters. The molecule has 0 fully saturated rings. The van der Waals surface area contributed by atoms with E-state index in [4.69, 9.17) is 4.74 Å². The Morgan fingerprint density at radius 1 is 1.46 bits per heavy atom. The van der Waals surface area contributed by atoms with Gasteiger partial charge in [0.2, 0.25) is 0 Å². The summed E-state index contributed by atoms with van der Waals surface area (Å²) in [6, 6.07) is 6.91. The number of hydrogen-bond donors (Lipinski definition) is 0. The first-order chi connectivity index (χ1) is 6.03. The fourth-order valence-electron chi connectivity index (χ4n) is 0.762. The molecular formula is C8H6F3OS. The zero-order valence-corrected chi connectivity index (χ0v) is 7.50. The third-order valence-corrected chi connectivity index (χ3v) is 1.97. The molecule has 1 rings (SSSR count). The maximum atomic E-state index is 11.9. The topological polar surface area (TPSA) is 9.23 Å². The minimum absolute atomic E-state index is 0.0440. The first kappa shape index (κ1) is 10.2. The van der Waals surface area contributed by atoms with Crippen LogP contribution in [0.5, 0.6) is 5.75 Å². The van der Waals surface area contributed by atoms with E-state index in [1.807, 2.05) is 0 Å². The first-order valence-electron chi connectivity index (χ1n) is 3.33. The highest BCUT2D eigenvalue weighted by Gasteiger charge is 2.30. The number of rotatable bonds is 2. The van der Waals surface area contributed by atoms with Gasteiger partial charge in [-0.05, 0) is 17.8 Å². The van der Waals surface area contributed by atoms with Crippen molar-refractivity contribution in [1.82, 2.24) is 0 Å². The molecule has 0 aliphatic carbocycles. The summed E-state index contributed by atoms with van der Waals surface area (Å²) in [7, 11) is 1.32. The molecule has 0 atom stereocenters. The van der Waals surface area contributed by atoms with Crippen LogP contribution in [-0.4, -0.2) is 12.6 Å². The van der Waals surface area contributed by atoms with Crippen LogP contribution in [-0.2, 0) is 0 Å². The molecule has 1 aromatic carbocycles. The minimum atomic E-state index is -4.30. The van der Waals surface area contributed by atoms with E-state index in [0.717, 1.165) is 0 Å². The highest BCUT2D eigenvalue weighted by molar-refractivity contribution is 8.00. The molecule has 13 heavy (non-hydrogen) atoms. The van der Waals surface area contributed by atoms with Crippen molar-refractivity contribution in [2.24, 2.45) is 0 Å². The summed E-state index contributed by atoms with van der Waals surface area (Å²) >= 11 is -0.229. The summed E-state index contributed by atoms with van der Waals surface area (Å²) in [4.78, 5) is -0.0440. The molecule has 0 aliphatic heterocycles. The van der Waals surface area contributed by atoms with Crippen LogP contribution in [0.15, 0.2) is 23.1 Å². The van der Waals surface area contributed by atoms with Crippen LogP contribution in [0.2, 0.25) is 0 Å². The Balaban J connectivity index is 2.87. The van der Waals surface area contributed by atoms with E-state index in [9.17, 15) is 13.2 Å². The fourth-order valence-corrected chi connectivity index (χ4v) is 1.37. The normalized spacial score (nSPS) is 11.4. The summed E-state index contributed by atoms with van der Waals surface area (Å²) in [5.41, 5.74) is -4.30. The quantitative estimate of drug-likeness (QED) is 0.689. The lowest BCUT2D eigenvalue weighted by molar-refractivity contribution is -0.0328. The van der Waals surface area contributed by atoms with Gasteiger partial charge in [-0.2, -0.15) is 13.2 Å². The van der Waals surface area contributed by atoms with Gasteiger partial charge in [0, 0.05) is 6.07 Å². The largest absolute Gasteiger partial charge is 0.496 e. The van der Waals surface area contributed by atoms with E-state index in [1.54, 1.807) is 6.07 Å². The Labute approximate surface area is 77.9 Å². The molecule has 0 aromatic heterocycles. The zero-order chi connectivity index (χ0) is 9.90. The smallest absolute Gasteiger partial charge is 0.446 e. The van der Waals surface area contributed by atoms with Gasteiger partial charge in [0.05, 0.1) is 12.0 Å². The standard InChI is InChI=1S/C8H6F3OS/c1-12-6-4-2-3-5-7(6)13-8(9,10)11/h2-4H,1H3. The predicted octanol–water partition coefficient (Wildman–Crippen LogP) is 3.11. The third-order valence-electron chi connectivity index (χ3n) is 1.22. The van der Waals surface area contributed by atoms with Gasteiger partial charge in [0.1, 0.15) is 5.75 Å². The van der Waals surface area contributed by atoms with Gasteiger partial charge in [-0.15, -0.1) is 0 Å². The number of methoxy groups -OCH3 is 1. The van der Waals surface area contributed by atoms with Crippen molar-refractivity contribution < 1.29 is 17.9 Å². The van der Waals surface area contributed by atoms with Crippen LogP contribution >= 0.6 is 11.8 Å². The molecule has 1 nitrogen and oxygen atoms in total. The van der Waals surface area contributed by atoms with Gasteiger partial charge in [-0.1, -0.05) is 12.1 Å². The summed E-state index contributed by atoms with van der Waals surface area (Å²) in [5.74, 6) is 0.185. The third kappa shape index (κ3) is 3.18. The monoisotopic (exact) mass is 207 g/mol. The maximum absolute atomic E-state index is 11.9. The van der Waals surface area contributed by atoms with Gasteiger partial charge in [0.25, 0.3) is 0 Å².